The van der Waals surface area contributed by atoms with Crippen LogP contribution in [-0.2, 0) is 25.5 Å². The fourth-order valence-electron chi connectivity index (χ4n) is 5.48. The highest BCUT2D eigenvalue weighted by atomic mass is 16.5. The van der Waals surface area contributed by atoms with Gasteiger partial charge in [0.25, 0.3) is 11.8 Å². The van der Waals surface area contributed by atoms with Gasteiger partial charge in [-0.05, 0) is 51.2 Å². The highest BCUT2D eigenvalue weighted by Crippen LogP contribution is 2.38. The molecule has 2 fully saturated rings. The standard InChI is InChI=1S/C26H34N4O5/c1-4-11-26(23(33)30(24(34)28-26)15-10-19-7-5-6-12-27-19)18-8-13-29(14-9-18)22(32)21-16-20(31)17-25(2,3)35-21/h5-7,12,16,18H,4,8-11,13-15,17H2,1-3H3,(H,28,34)/t26-/m1/s1. The van der Waals surface area contributed by atoms with Crippen LogP contribution >= 0.6 is 0 Å². The third kappa shape index (κ3) is 5.09. The molecule has 1 aromatic rings. The minimum atomic E-state index is -0.955. The van der Waals surface area contributed by atoms with Crippen LogP contribution in [0.25, 0.3) is 0 Å². The average Bonchev–Trinajstić information content (AvgIpc) is 3.06. The summed E-state index contributed by atoms with van der Waals surface area (Å²) in [6.07, 6.45) is 6.18. The fraction of sp³-hybridized carbons (Fsp3) is 0.577. The van der Waals surface area contributed by atoms with E-state index in [4.69, 9.17) is 4.74 Å². The number of imide groups is 1. The molecule has 9 nitrogen and oxygen atoms in total. The maximum Gasteiger partial charge on any atom is 0.325 e. The van der Waals surface area contributed by atoms with E-state index in [1.54, 1.807) is 24.9 Å². The topological polar surface area (TPSA) is 109 Å². The Labute approximate surface area is 205 Å². The van der Waals surface area contributed by atoms with E-state index in [-0.39, 0.29) is 48.3 Å². The van der Waals surface area contributed by atoms with Gasteiger partial charge in [-0.2, -0.15) is 0 Å². The largest absolute Gasteiger partial charge is 0.481 e. The van der Waals surface area contributed by atoms with Crippen LogP contribution < -0.4 is 5.32 Å². The smallest absolute Gasteiger partial charge is 0.325 e. The Morgan fingerprint density at radius 3 is 2.57 bits per heavy atom. The van der Waals surface area contributed by atoms with E-state index in [1.807, 2.05) is 25.1 Å². The molecule has 1 atom stereocenters. The predicted molar refractivity (Wildman–Crippen MR) is 128 cm³/mol. The number of hydrogen-bond donors (Lipinski definition) is 1. The number of pyridine rings is 1. The zero-order valence-corrected chi connectivity index (χ0v) is 20.7. The van der Waals surface area contributed by atoms with Gasteiger partial charge >= 0.3 is 6.03 Å². The van der Waals surface area contributed by atoms with Gasteiger partial charge in [-0.15, -0.1) is 0 Å². The van der Waals surface area contributed by atoms with Gasteiger partial charge in [0.05, 0.1) is 0 Å². The SMILES string of the molecule is CCC[C@]1(C2CCN(C(=O)C3=CC(=O)CC(C)(C)O3)CC2)NC(=O)N(CCc2ccccn2)C1=O. The lowest BCUT2D eigenvalue weighted by Gasteiger charge is -2.41. The number of likely N-dealkylation sites (tertiary alicyclic amines) is 1. The minimum Gasteiger partial charge on any atom is -0.481 e. The van der Waals surface area contributed by atoms with Gasteiger partial charge in [-0.1, -0.05) is 19.4 Å². The summed E-state index contributed by atoms with van der Waals surface area (Å²) in [6.45, 7) is 6.73. The number of nitrogens with one attached hydrogen (secondary N) is 1. The molecule has 3 aliphatic rings. The number of carbonyl (C=O) groups is 4. The molecule has 9 heteroatoms. The van der Waals surface area contributed by atoms with Crippen LogP contribution in [0, 0.1) is 5.92 Å². The van der Waals surface area contributed by atoms with Crippen molar-refractivity contribution in [3.05, 3.63) is 41.9 Å². The van der Waals surface area contributed by atoms with E-state index >= 15 is 0 Å². The van der Waals surface area contributed by atoms with Gasteiger partial charge in [0.15, 0.2) is 11.5 Å². The monoisotopic (exact) mass is 482 g/mol. The zero-order valence-electron chi connectivity index (χ0n) is 20.7. The average molecular weight is 483 g/mol. The number of ketones is 1. The highest BCUT2D eigenvalue weighted by molar-refractivity contribution is 6.07. The summed E-state index contributed by atoms with van der Waals surface area (Å²) in [5.41, 5.74) is -0.836. The van der Waals surface area contributed by atoms with Crippen LogP contribution in [0.1, 0.15) is 58.6 Å². The lowest BCUT2D eigenvalue weighted by molar-refractivity contribution is -0.140. The molecule has 0 aromatic carbocycles. The summed E-state index contributed by atoms with van der Waals surface area (Å²) in [5, 5.41) is 3.03. The Balaban J connectivity index is 1.43. The van der Waals surface area contributed by atoms with Gasteiger partial charge in [-0.3, -0.25) is 24.3 Å². The number of hydrogen-bond acceptors (Lipinski definition) is 6. The zero-order chi connectivity index (χ0) is 25.2. The molecule has 1 N–H and O–H groups in total. The van der Waals surface area contributed by atoms with Crippen molar-refractivity contribution in [2.24, 2.45) is 5.92 Å². The van der Waals surface area contributed by atoms with Crippen molar-refractivity contribution in [3.8, 4) is 0 Å². The number of ether oxygens (including phenoxy) is 1. The lowest BCUT2D eigenvalue weighted by Crippen LogP contribution is -2.56. The quantitative estimate of drug-likeness (QED) is 0.599. The Bertz CT molecular complexity index is 1030. The summed E-state index contributed by atoms with van der Waals surface area (Å²) in [6, 6.07) is 5.23. The number of allylic oxidation sites excluding steroid dienone is 1. The van der Waals surface area contributed by atoms with Crippen molar-refractivity contribution in [3.63, 3.8) is 0 Å². The van der Waals surface area contributed by atoms with Gasteiger partial charge in [0.1, 0.15) is 11.1 Å². The molecule has 1 aromatic heterocycles. The maximum atomic E-state index is 13.6. The number of piperidine rings is 1. The molecular weight excluding hydrogens is 448 g/mol. The van der Waals surface area contributed by atoms with Crippen molar-refractivity contribution < 1.29 is 23.9 Å². The Hall–Kier alpha value is -3.23. The van der Waals surface area contributed by atoms with Gasteiger partial charge in [-0.25, -0.2) is 4.79 Å². The van der Waals surface area contributed by atoms with Crippen molar-refractivity contribution in [1.82, 2.24) is 20.1 Å². The molecule has 0 radical (unpaired) electrons. The first-order valence-corrected chi connectivity index (χ1v) is 12.4. The second-order valence-electron chi connectivity index (χ2n) is 10.3. The third-order valence-electron chi connectivity index (χ3n) is 7.13. The molecule has 4 amide bonds. The van der Waals surface area contributed by atoms with Crippen molar-refractivity contribution in [1.29, 1.82) is 0 Å². The molecule has 0 spiro atoms. The van der Waals surface area contributed by atoms with Gasteiger partial charge in [0, 0.05) is 50.4 Å². The molecule has 188 valence electrons. The van der Waals surface area contributed by atoms with Gasteiger partial charge in [0.2, 0.25) is 0 Å². The second kappa shape index (κ2) is 9.79. The molecule has 3 aliphatic heterocycles. The molecule has 35 heavy (non-hydrogen) atoms. The van der Waals surface area contributed by atoms with Crippen molar-refractivity contribution in [2.45, 2.75) is 70.4 Å². The first kappa shape index (κ1) is 24.9. The van der Waals surface area contributed by atoms with E-state index in [0.29, 0.717) is 38.8 Å². The van der Waals surface area contributed by atoms with E-state index < -0.39 is 11.1 Å². The summed E-state index contributed by atoms with van der Waals surface area (Å²) in [4.78, 5) is 58.8. The highest BCUT2D eigenvalue weighted by Gasteiger charge is 2.55. The summed E-state index contributed by atoms with van der Waals surface area (Å²) in [5.74, 6) is -0.601. The Morgan fingerprint density at radius 2 is 1.94 bits per heavy atom. The van der Waals surface area contributed by atoms with E-state index in [0.717, 1.165) is 12.1 Å². The Kier molecular flexibility index (Phi) is 6.96. The number of urea groups is 1. The number of aromatic nitrogens is 1. The van der Waals surface area contributed by atoms with E-state index in [2.05, 4.69) is 10.3 Å². The molecule has 0 aliphatic carbocycles. The first-order chi connectivity index (χ1) is 16.6. The van der Waals surface area contributed by atoms with Crippen molar-refractivity contribution >= 4 is 23.6 Å². The molecule has 4 rings (SSSR count). The number of rotatable bonds is 7. The molecule has 0 saturated carbocycles. The fourth-order valence-corrected chi connectivity index (χ4v) is 5.48. The van der Waals surface area contributed by atoms with Crippen LogP contribution in [0.4, 0.5) is 4.79 Å². The van der Waals surface area contributed by atoms with Gasteiger partial charge < -0.3 is 15.0 Å². The van der Waals surface area contributed by atoms with E-state index in [1.165, 1.54) is 11.0 Å². The van der Waals surface area contributed by atoms with E-state index in [9.17, 15) is 19.2 Å². The molecule has 2 saturated heterocycles. The number of amides is 4. The van der Waals surface area contributed by atoms with Crippen LogP contribution in [-0.4, -0.2) is 69.2 Å². The molecule has 0 unspecified atom stereocenters. The maximum absolute atomic E-state index is 13.6. The number of nitrogens with zero attached hydrogens (tertiary/aromatic N) is 3. The lowest BCUT2D eigenvalue weighted by atomic mass is 9.74. The van der Waals surface area contributed by atoms with Crippen LogP contribution in [0.2, 0.25) is 0 Å². The number of carbonyl (C=O) groups excluding carboxylic acids is 4. The summed E-state index contributed by atoms with van der Waals surface area (Å²) >= 11 is 0. The normalized spacial score (nSPS) is 24.8. The first-order valence-electron chi connectivity index (χ1n) is 12.4. The second-order valence-corrected chi connectivity index (χ2v) is 10.3. The summed E-state index contributed by atoms with van der Waals surface area (Å²) in [7, 11) is 0. The van der Waals surface area contributed by atoms with Crippen molar-refractivity contribution in [2.75, 3.05) is 19.6 Å². The Morgan fingerprint density at radius 1 is 1.20 bits per heavy atom. The molecular formula is C26H34N4O5. The van der Waals surface area contributed by atoms with Crippen LogP contribution in [0.3, 0.4) is 0 Å². The summed E-state index contributed by atoms with van der Waals surface area (Å²) < 4.78 is 5.78. The van der Waals surface area contributed by atoms with Crippen LogP contribution in [0.5, 0.6) is 0 Å². The van der Waals surface area contributed by atoms with Crippen LogP contribution in [0.15, 0.2) is 36.2 Å². The third-order valence-corrected chi connectivity index (χ3v) is 7.13. The molecule has 4 heterocycles. The minimum absolute atomic E-state index is 0.0814. The predicted octanol–water partition coefficient (Wildman–Crippen LogP) is 2.61. The molecule has 0 bridgehead atoms.